The van der Waals surface area contributed by atoms with Gasteiger partial charge in [0, 0.05) is 11.6 Å². The molecule has 0 aromatic rings. The summed E-state index contributed by atoms with van der Waals surface area (Å²) in [5.74, 6) is 1.70. The number of amidine groups is 1. The Morgan fingerprint density at radius 2 is 1.87 bits per heavy atom. The Bertz CT molecular complexity index is 292. The van der Waals surface area contributed by atoms with Crippen molar-refractivity contribution in [2.75, 3.05) is 0 Å². The van der Waals surface area contributed by atoms with Crippen LogP contribution in [0.25, 0.3) is 0 Å². The van der Waals surface area contributed by atoms with Crippen molar-refractivity contribution in [2.45, 2.75) is 47.5 Å². The summed E-state index contributed by atoms with van der Waals surface area (Å²) in [6.07, 6.45) is 2.46. The Kier molecular flexibility index (Phi) is 3.53. The quantitative estimate of drug-likeness (QED) is 0.307. The largest absolute Gasteiger partial charge is 0.409 e. The maximum absolute atomic E-state index is 8.59. The molecule has 1 N–H and O–H groups in total. The van der Waals surface area contributed by atoms with Gasteiger partial charge < -0.3 is 5.21 Å². The van der Waals surface area contributed by atoms with Crippen LogP contribution in [0.4, 0.5) is 0 Å². The lowest BCUT2D eigenvalue weighted by Gasteiger charge is -2.31. The maximum atomic E-state index is 8.59. The molecule has 0 radical (unpaired) electrons. The first-order valence-corrected chi connectivity index (χ1v) is 5.63. The number of rotatable bonds is 1. The minimum Gasteiger partial charge on any atom is -0.409 e. The molecule has 1 aliphatic rings. The molecule has 0 spiro atoms. The van der Waals surface area contributed by atoms with Crippen LogP contribution in [-0.2, 0) is 0 Å². The highest BCUT2D eigenvalue weighted by molar-refractivity contribution is 5.97. The average Bonchev–Trinajstić information content (AvgIpc) is 2.41. The van der Waals surface area contributed by atoms with Crippen LogP contribution in [0.3, 0.4) is 0 Å². The van der Waals surface area contributed by atoms with E-state index in [1.807, 2.05) is 6.92 Å². The van der Waals surface area contributed by atoms with E-state index < -0.39 is 0 Å². The van der Waals surface area contributed by atoms with E-state index in [1.165, 1.54) is 12.8 Å². The zero-order chi connectivity index (χ0) is 11.6. The van der Waals surface area contributed by atoms with E-state index >= 15 is 0 Å². The van der Waals surface area contributed by atoms with E-state index in [0.29, 0.717) is 17.2 Å². The van der Waals surface area contributed by atoms with Crippen molar-refractivity contribution in [1.82, 2.24) is 0 Å². The first-order valence-electron chi connectivity index (χ1n) is 5.63. The molecule has 0 heterocycles. The van der Waals surface area contributed by atoms with Gasteiger partial charge in [-0.15, -0.1) is 0 Å². The van der Waals surface area contributed by atoms with Crippen molar-refractivity contribution in [3.8, 4) is 0 Å². The third kappa shape index (κ3) is 2.39. The SMILES string of the molecule is CC(=N/C(C)=N\O)[C@H]1CC[C@@H](C)C1(C)C. The number of hydrogen-bond donors (Lipinski definition) is 1. The maximum Gasteiger partial charge on any atom is 0.164 e. The van der Waals surface area contributed by atoms with Gasteiger partial charge in [-0.2, -0.15) is 0 Å². The fourth-order valence-electron chi connectivity index (χ4n) is 2.61. The van der Waals surface area contributed by atoms with E-state index in [4.69, 9.17) is 5.21 Å². The molecule has 0 aromatic heterocycles. The minimum atomic E-state index is 0.309. The van der Waals surface area contributed by atoms with Crippen LogP contribution < -0.4 is 0 Å². The standard InChI is InChI=1S/C12H22N2O/c1-8-6-7-11(12(8,4)5)9(2)13-10(3)14-15/h8,11,15H,6-7H2,1-5H3/b13-9?,14-10-/t8-,11-/m1/s1. The number of nitrogens with zero attached hydrogens (tertiary/aromatic N) is 2. The molecule has 0 unspecified atom stereocenters. The summed E-state index contributed by atoms with van der Waals surface area (Å²) in [7, 11) is 0. The summed E-state index contributed by atoms with van der Waals surface area (Å²) in [5, 5.41) is 11.7. The lowest BCUT2D eigenvalue weighted by atomic mass is 9.74. The Morgan fingerprint density at radius 3 is 2.27 bits per heavy atom. The number of aliphatic imine (C=N–C) groups is 1. The van der Waals surface area contributed by atoms with Gasteiger partial charge in [-0.1, -0.05) is 25.9 Å². The molecule has 0 aromatic carbocycles. The van der Waals surface area contributed by atoms with Crippen molar-refractivity contribution < 1.29 is 5.21 Å². The summed E-state index contributed by atoms with van der Waals surface area (Å²) in [5.41, 5.74) is 1.41. The normalized spacial score (nSPS) is 32.1. The highest BCUT2D eigenvalue weighted by Gasteiger charge is 2.41. The second-order valence-electron chi connectivity index (χ2n) is 5.25. The van der Waals surface area contributed by atoms with Crippen LogP contribution in [0.5, 0.6) is 0 Å². The van der Waals surface area contributed by atoms with Gasteiger partial charge in [0.05, 0.1) is 0 Å². The predicted molar refractivity (Wildman–Crippen MR) is 63.7 cm³/mol. The molecular weight excluding hydrogens is 188 g/mol. The van der Waals surface area contributed by atoms with Gasteiger partial charge in [0.25, 0.3) is 0 Å². The molecule has 0 saturated heterocycles. The molecular formula is C12H22N2O. The Labute approximate surface area is 92.3 Å². The Balaban J connectivity index is 2.86. The van der Waals surface area contributed by atoms with Crippen LogP contribution in [0.2, 0.25) is 0 Å². The molecule has 0 aliphatic heterocycles. The first-order chi connectivity index (χ1) is 6.89. The van der Waals surface area contributed by atoms with E-state index in [9.17, 15) is 0 Å². The first kappa shape index (κ1) is 12.2. The second kappa shape index (κ2) is 4.33. The lowest BCUT2D eigenvalue weighted by Crippen LogP contribution is -2.28. The van der Waals surface area contributed by atoms with Crippen LogP contribution in [0, 0.1) is 17.3 Å². The fourth-order valence-corrected chi connectivity index (χ4v) is 2.61. The van der Waals surface area contributed by atoms with Gasteiger partial charge in [-0.05, 0) is 38.0 Å². The third-order valence-electron chi connectivity index (χ3n) is 4.04. The summed E-state index contributed by atoms with van der Waals surface area (Å²) in [4.78, 5) is 4.32. The van der Waals surface area contributed by atoms with Crippen molar-refractivity contribution >= 4 is 11.5 Å². The molecule has 1 fully saturated rings. The van der Waals surface area contributed by atoms with Gasteiger partial charge in [-0.3, -0.25) is 0 Å². The predicted octanol–water partition coefficient (Wildman–Crippen LogP) is 3.33. The molecule has 1 rings (SSSR count). The molecule has 3 nitrogen and oxygen atoms in total. The Hall–Kier alpha value is -0.860. The monoisotopic (exact) mass is 210 g/mol. The van der Waals surface area contributed by atoms with Crippen molar-refractivity contribution in [3.05, 3.63) is 0 Å². The zero-order valence-corrected chi connectivity index (χ0v) is 10.4. The molecule has 86 valence electrons. The van der Waals surface area contributed by atoms with E-state index in [0.717, 1.165) is 11.6 Å². The number of oxime groups is 1. The topological polar surface area (TPSA) is 45.0 Å². The smallest absolute Gasteiger partial charge is 0.164 e. The van der Waals surface area contributed by atoms with Crippen molar-refractivity contribution in [1.29, 1.82) is 0 Å². The van der Waals surface area contributed by atoms with Crippen LogP contribution in [-0.4, -0.2) is 16.8 Å². The van der Waals surface area contributed by atoms with E-state index in [2.05, 4.69) is 30.9 Å². The van der Waals surface area contributed by atoms with Gasteiger partial charge in [0.2, 0.25) is 0 Å². The zero-order valence-electron chi connectivity index (χ0n) is 10.4. The molecule has 3 heteroatoms. The molecule has 0 amide bonds. The van der Waals surface area contributed by atoms with Gasteiger partial charge in [0.15, 0.2) is 5.84 Å². The van der Waals surface area contributed by atoms with Gasteiger partial charge in [0.1, 0.15) is 0 Å². The summed E-state index contributed by atoms with van der Waals surface area (Å²) in [6, 6.07) is 0. The number of hydrogen-bond acceptors (Lipinski definition) is 2. The van der Waals surface area contributed by atoms with Gasteiger partial charge >= 0.3 is 0 Å². The molecule has 1 saturated carbocycles. The highest BCUT2D eigenvalue weighted by Crippen LogP contribution is 2.47. The third-order valence-corrected chi connectivity index (χ3v) is 4.04. The Morgan fingerprint density at radius 1 is 1.27 bits per heavy atom. The van der Waals surface area contributed by atoms with E-state index in [-0.39, 0.29) is 0 Å². The van der Waals surface area contributed by atoms with Crippen molar-refractivity contribution in [3.63, 3.8) is 0 Å². The van der Waals surface area contributed by atoms with Crippen LogP contribution >= 0.6 is 0 Å². The summed E-state index contributed by atoms with van der Waals surface area (Å²) in [6.45, 7) is 10.7. The van der Waals surface area contributed by atoms with E-state index in [1.54, 1.807) is 6.92 Å². The van der Waals surface area contributed by atoms with Crippen LogP contribution in [0.15, 0.2) is 10.1 Å². The van der Waals surface area contributed by atoms with Crippen molar-refractivity contribution in [2.24, 2.45) is 27.4 Å². The summed E-state index contributed by atoms with van der Waals surface area (Å²) < 4.78 is 0. The minimum absolute atomic E-state index is 0.309. The highest BCUT2D eigenvalue weighted by atomic mass is 16.4. The van der Waals surface area contributed by atoms with Gasteiger partial charge in [-0.25, -0.2) is 4.99 Å². The molecule has 15 heavy (non-hydrogen) atoms. The molecule has 2 atom stereocenters. The fraction of sp³-hybridized carbons (Fsp3) is 0.833. The summed E-state index contributed by atoms with van der Waals surface area (Å²) >= 11 is 0. The molecule has 1 aliphatic carbocycles. The van der Waals surface area contributed by atoms with Crippen LogP contribution in [0.1, 0.15) is 47.5 Å². The molecule has 0 bridgehead atoms. The average molecular weight is 210 g/mol. The lowest BCUT2D eigenvalue weighted by molar-refractivity contribution is 0.243. The second-order valence-corrected chi connectivity index (χ2v) is 5.25.